The van der Waals surface area contributed by atoms with Crippen LogP contribution in [0.3, 0.4) is 0 Å². The number of benzene rings is 2. The summed E-state index contributed by atoms with van der Waals surface area (Å²) >= 11 is 5.95. The maximum atomic E-state index is 13.6. The first kappa shape index (κ1) is 24.0. The summed E-state index contributed by atoms with van der Waals surface area (Å²) in [5, 5.41) is 13.6. The van der Waals surface area contributed by atoms with Gasteiger partial charge in [0.05, 0.1) is 41.9 Å². The lowest BCUT2D eigenvalue weighted by Crippen LogP contribution is -2.24. The van der Waals surface area contributed by atoms with Crippen LogP contribution in [0.4, 0.5) is 15.9 Å². The summed E-state index contributed by atoms with van der Waals surface area (Å²) in [5.74, 6) is 1.28. The Morgan fingerprint density at radius 3 is 2.91 bits per heavy atom. The number of anilines is 2. The lowest BCUT2D eigenvalue weighted by molar-refractivity contribution is 0.142. The number of nitrogens with zero attached hydrogens (tertiary/aromatic N) is 3. The maximum absolute atomic E-state index is 13.6. The Bertz CT molecular complexity index is 1180. The predicted octanol–water partition coefficient (Wildman–Crippen LogP) is 4.17. The highest BCUT2D eigenvalue weighted by molar-refractivity contribution is 6.31. The van der Waals surface area contributed by atoms with Crippen LogP contribution in [0, 0.1) is 5.82 Å². The summed E-state index contributed by atoms with van der Waals surface area (Å²) in [7, 11) is 0. The number of β-amino-alcohol motifs (C(OH)–C–C–N with tert-alkyl or cyclic N) is 1. The zero-order valence-electron chi connectivity index (χ0n) is 19.3. The summed E-state index contributed by atoms with van der Waals surface area (Å²) in [4.78, 5) is 11.1. The van der Waals surface area contributed by atoms with Crippen LogP contribution in [0.5, 0.6) is 11.5 Å². The zero-order chi connectivity index (χ0) is 24.2. The molecule has 0 radical (unpaired) electrons. The molecule has 2 aliphatic rings. The van der Waals surface area contributed by atoms with Gasteiger partial charge in [0.25, 0.3) is 0 Å². The summed E-state index contributed by atoms with van der Waals surface area (Å²) in [5.41, 5.74) is 1.25. The molecule has 3 aromatic rings. The molecule has 2 fully saturated rings. The number of ether oxygens (including phenoxy) is 3. The Hall–Kier alpha value is -2.72. The molecule has 1 aromatic heterocycles. The number of rotatable bonds is 9. The number of hydrogen-bond acceptors (Lipinski definition) is 8. The van der Waals surface area contributed by atoms with E-state index in [9.17, 15) is 9.50 Å². The normalized spacial score (nSPS) is 20.4. The summed E-state index contributed by atoms with van der Waals surface area (Å²) in [6.45, 7) is 4.23. The molecule has 2 aromatic carbocycles. The van der Waals surface area contributed by atoms with Gasteiger partial charge in [-0.15, -0.1) is 0 Å². The Labute approximate surface area is 208 Å². The van der Waals surface area contributed by atoms with E-state index in [1.165, 1.54) is 18.5 Å². The SMILES string of the molecule is OC1CCN(CCCOc2cc(OC3CCOC3)c3c(Nc4ccc(F)c(Cl)c4)ncnc3c2)C1. The Morgan fingerprint density at radius 1 is 1.23 bits per heavy atom. The van der Waals surface area contributed by atoms with Gasteiger partial charge in [-0.25, -0.2) is 14.4 Å². The molecule has 2 atom stereocenters. The van der Waals surface area contributed by atoms with E-state index in [1.54, 1.807) is 6.07 Å². The Kier molecular flexibility index (Phi) is 7.48. The third kappa shape index (κ3) is 5.92. The van der Waals surface area contributed by atoms with Crippen LogP contribution >= 0.6 is 11.6 Å². The second kappa shape index (κ2) is 10.9. The van der Waals surface area contributed by atoms with Gasteiger partial charge in [0.15, 0.2) is 0 Å². The van der Waals surface area contributed by atoms with Crippen molar-refractivity contribution in [3.05, 3.63) is 47.5 Å². The molecule has 2 aliphatic heterocycles. The maximum Gasteiger partial charge on any atom is 0.145 e. The molecule has 2 saturated heterocycles. The van der Waals surface area contributed by atoms with Gasteiger partial charge < -0.3 is 29.5 Å². The molecule has 186 valence electrons. The standard InChI is InChI=1S/C25H28ClFN4O4/c26-20-10-16(2-3-21(20)27)30-25-24-22(28-15-29-25)11-19(12-23(24)35-18-5-9-33-14-18)34-8-1-6-31-7-4-17(32)13-31/h2-3,10-12,15,17-18,32H,1,4-9,13-14H2,(H,28,29,30). The molecule has 10 heteroatoms. The summed E-state index contributed by atoms with van der Waals surface area (Å²) in [6.07, 6.45) is 3.63. The van der Waals surface area contributed by atoms with E-state index in [1.807, 2.05) is 12.1 Å². The Morgan fingerprint density at radius 2 is 2.14 bits per heavy atom. The van der Waals surface area contributed by atoms with Gasteiger partial charge in [0.1, 0.15) is 35.6 Å². The van der Waals surface area contributed by atoms with Crippen LogP contribution in [0.15, 0.2) is 36.7 Å². The van der Waals surface area contributed by atoms with E-state index in [4.69, 9.17) is 25.8 Å². The van der Waals surface area contributed by atoms with Gasteiger partial charge in [-0.3, -0.25) is 0 Å². The molecular weight excluding hydrogens is 475 g/mol. The number of fused-ring (bicyclic) bond motifs is 1. The van der Waals surface area contributed by atoms with Crippen molar-refractivity contribution in [3.8, 4) is 11.5 Å². The largest absolute Gasteiger partial charge is 0.493 e. The topological polar surface area (TPSA) is 89.0 Å². The van der Waals surface area contributed by atoms with Crippen molar-refractivity contribution < 1.29 is 23.7 Å². The number of nitrogens with one attached hydrogen (secondary N) is 1. The van der Waals surface area contributed by atoms with Crippen molar-refractivity contribution in [2.45, 2.75) is 31.5 Å². The Balaban J connectivity index is 1.37. The fourth-order valence-electron chi connectivity index (χ4n) is 4.39. The van der Waals surface area contributed by atoms with E-state index >= 15 is 0 Å². The van der Waals surface area contributed by atoms with Crippen molar-refractivity contribution in [2.75, 3.05) is 44.8 Å². The molecule has 5 rings (SSSR count). The van der Waals surface area contributed by atoms with Gasteiger partial charge in [0.2, 0.25) is 0 Å². The van der Waals surface area contributed by atoms with Gasteiger partial charge in [-0.2, -0.15) is 0 Å². The van der Waals surface area contributed by atoms with Crippen molar-refractivity contribution in [2.24, 2.45) is 0 Å². The molecule has 0 spiro atoms. The lowest BCUT2D eigenvalue weighted by Gasteiger charge is -2.18. The third-order valence-corrected chi connectivity index (χ3v) is 6.46. The van der Waals surface area contributed by atoms with Crippen molar-refractivity contribution in [1.82, 2.24) is 14.9 Å². The first-order valence-electron chi connectivity index (χ1n) is 11.8. The smallest absolute Gasteiger partial charge is 0.145 e. The van der Waals surface area contributed by atoms with Crippen molar-refractivity contribution >= 4 is 34.0 Å². The van der Waals surface area contributed by atoms with Gasteiger partial charge in [-0.1, -0.05) is 11.6 Å². The minimum absolute atomic E-state index is 0.0204. The molecule has 0 bridgehead atoms. The van der Waals surface area contributed by atoms with Crippen LogP contribution in [0.25, 0.3) is 10.9 Å². The van der Waals surface area contributed by atoms with E-state index in [-0.39, 0.29) is 17.2 Å². The quantitative estimate of drug-likeness (QED) is 0.421. The third-order valence-electron chi connectivity index (χ3n) is 6.17. The van der Waals surface area contributed by atoms with Crippen molar-refractivity contribution in [1.29, 1.82) is 0 Å². The molecule has 2 unspecified atom stereocenters. The molecule has 8 nitrogen and oxygen atoms in total. The summed E-state index contributed by atoms with van der Waals surface area (Å²) < 4.78 is 31.5. The van der Waals surface area contributed by atoms with Crippen LogP contribution in [-0.2, 0) is 4.74 Å². The minimum atomic E-state index is -0.488. The van der Waals surface area contributed by atoms with Gasteiger partial charge >= 0.3 is 0 Å². The first-order chi connectivity index (χ1) is 17.0. The lowest BCUT2D eigenvalue weighted by atomic mass is 10.2. The molecule has 0 saturated carbocycles. The number of aromatic nitrogens is 2. The van der Waals surface area contributed by atoms with E-state index in [0.717, 1.165) is 38.9 Å². The van der Waals surface area contributed by atoms with Gasteiger partial charge in [-0.05, 0) is 31.0 Å². The van der Waals surface area contributed by atoms with Gasteiger partial charge in [0, 0.05) is 43.9 Å². The van der Waals surface area contributed by atoms with Crippen molar-refractivity contribution in [3.63, 3.8) is 0 Å². The highest BCUT2D eigenvalue weighted by Gasteiger charge is 2.22. The summed E-state index contributed by atoms with van der Waals surface area (Å²) in [6, 6.07) is 8.12. The monoisotopic (exact) mass is 502 g/mol. The molecule has 35 heavy (non-hydrogen) atoms. The average Bonchev–Trinajstić information content (AvgIpc) is 3.51. The first-order valence-corrected chi connectivity index (χ1v) is 12.2. The van der Waals surface area contributed by atoms with Crippen LogP contribution in [0.2, 0.25) is 5.02 Å². The van der Waals surface area contributed by atoms with E-state index in [0.29, 0.717) is 53.7 Å². The second-order valence-corrected chi connectivity index (χ2v) is 9.25. The number of likely N-dealkylation sites (tertiary alicyclic amines) is 1. The van der Waals surface area contributed by atoms with E-state index in [2.05, 4.69) is 20.2 Å². The van der Waals surface area contributed by atoms with Crippen LogP contribution in [-0.4, -0.2) is 71.6 Å². The molecule has 2 N–H and O–H groups in total. The molecule has 0 amide bonds. The van der Waals surface area contributed by atoms with E-state index < -0.39 is 5.82 Å². The van der Waals surface area contributed by atoms with Crippen LogP contribution in [0.1, 0.15) is 19.3 Å². The number of aliphatic hydroxyl groups excluding tert-OH is 1. The second-order valence-electron chi connectivity index (χ2n) is 8.84. The molecular formula is C25H28ClFN4O4. The highest BCUT2D eigenvalue weighted by Crippen LogP contribution is 2.37. The molecule has 0 aliphatic carbocycles. The highest BCUT2D eigenvalue weighted by atomic mass is 35.5. The number of aliphatic hydroxyl groups is 1. The fourth-order valence-corrected chi connectivity index (χ4v) is 4.57. The number of halogens is 2. The van der Waals surface area contributed by atoms with Crippen LogP contribution < -0.4 is 14.8 Å². The average molecular weight is 503 g/mol. The predicted molar refractivity (Wildman–Crippen MR) is 131 cm³/mol. The minimum Gasteiger partial charge on any atom is -0.493 e. The zero-order valence-corrected chi connectivity index (χ0v) is 20.0. The fraction of sp³-hybridized carbons (Fsp3) is 0.440. The number of hydrogen-bond donors (Lipinski definition) is 2. The molecule has 3 heterocycles.